The molecule has 4 rings (SSSR count). The highest BCUT2D eigenvalue weighted by Gasteiger charge is 2.33. The predicted molar refractivity (Wildman–Crippen MR) is 122 cm³/mol. The summed E-state index contributed by atoms with van der Waals surface area (Å²) in [7, 11) is -3.52. The van der Waals surface area contributed by atoms with Crippen LogP contribution in [-0.2, 0) is 14.8 Å². The van der Waals surface area contributed by atoms with Crippen molar-refractivity contribution in [1.82, 2.24) is 19.0 Å². The Kier molecular flexibility index (Phi) is 7.01. The molecule has 1 amide bonds. The van der Waals surface area contributed by atoms with E-state index in [1.165, 1.54) is 36.7 Å². The zero-order valence-electron chi connectivity index (χ0n) is 18.9. The maximum atomic E-state index is 13.0. The van der Waals surface area contributed by atoms with Crippen molar-refractivity contribution >= 4 is 15.9 Å². The molecule has 172 valence electrons. The molecule has 8 heteroatoms. The lowest BCUT2D eigenvalue weighted by molar-refractivity contribution is -0.133. The van der Waals surface area contributed by atoms with Gasteiger partial charge in [0.25, 0.3) is 0 Å². The second kappa shape index (κ2) is 9.57. The highest BCUT2D eigenvalue weighted by molar-refractivity contribution is 7.89. The Bertz CT molecular complexity index is 890. The molecule has 0 saturated carbocycles. The summed E-state index contributed by atoms with van der Waals surface area (Å²) in [6, 6.07) is 5.77. The van der Waals surface area contributed by atoms with E-state index in [2.05, 4.69) is 9.80 Å². The van der Waals surface area contributed by atoms with Crippen LogP contribution in [0.4, 0.5) is 0 Å². The second-order valence-corrected chi connectivity index (χ2v) is 11.2. The van der Waals surface area contributed by atoms with Crippen LogP contribution in [0, 0.1) is 13.8 Å². The Hall–Kier alpha value is -1.48. The van der Waals surface area contributed by atoms with Crippen LogP contribution in [0.2, 0.25) is 0 Å². The second-order valence-electron chi connectivity index (χ2n) is 9.31. The lowest BCUT2D eigenvalue weighted by Crippen LogP contribution is -2.53. The summed E-state index contributed by atoms with van der Waals surface area (Å²) in [4.78, 5) is 20.0. The molecule has 3 heterocycles. The number of benzene rings is 1. The minimum absolute atomic E-state index is 0.136. The molecule has 3 saturated heterocycles. The summed E-state index contributed by atoms with van der Waals surface area (Å²) < 4.78 is 27.6. The zero-order valence-corrected chi connectivity index (χ0v) is 19.7. The van der Waals surface area contributed by atoms with E-state index >= 15 is 0 Å². The Morgan fingerprint density at radius 2 is 1.65 bits per heavy atom. The van der Waals surface area contributed by atoms with Crippen LogP contribution < -0.4 is 0 Å². The van der Waals surface area contributed by atoms with E-state index in [0.717, 1.165) is 30.6 Å². The molecule has 0 aliphatic carbocycles. The topological polar surface area (TPSA) is 64.2 Å². The van der Waals surface area contributed by atoms with Gasteiger partial charge >= 0.3 is 0 Å². The van der Waals surface area contributed by atoms with Gasteiger partial charge in [-0.25, -0.2) is 8.42 Å². The van der Waals surface area contributed by atoms with E-state index in [0.29, 0.717) is 43.7 Å². The summed E-state index contributed by atoms with van der Waals surface area (Å²) in [5.41, 5.74) is 2.06. The number of amides is 1. The van der Waals surface area contributed by atoms with Gasteiger partial charge in [0, 0.05) is 38.8 Å². The van der Waals surface area contributed by atoms with E-state index in [9.17, 15) is 13.2 Å². The van der Waals surface area contributed by atoms with Gasteiger partial charge in [0.15, 0.2) is 0 Å². The summed E-state index contributed by atoms with van der Waals surface area (Å²) in [5, 5.41) is 0. The SMILES string of the molecule is Cc1ccc(S(=O)(=O)N2CCN(C(=O)CN3CCCC3CN3CCCC3)CC2)cc1C. The smallest absolute Gasteiger partial charge is 0.243 e. The van der Waals surface area contributed by atoms with Crippen molar-refractivity contribution in [2.45, 2.75) is 50.5 Å². The number of hydrogen-bond donors (Lipinski definition) is 0. The standard InChI is InChI=1S/C23H36N4O3S/c1-19-7-8-22(16-20(19)2)31(29,30)27-14-12-25(13-15-27)23(28)18-26-11-5-6-21(26)17-24-9-3-4-10-24/h7-8,16,21H,3-6,9-15,17-18H2,1-2H3. The lowest BCUT2D eigenvalue weighted by Gasteiger charge is -2.36. The number of piperazine rings is 1. The summed E-state index contributed by atoms with van der Waals surface area (Å²) in [6.45, 7) is 10.5. The lowest BCUT2D eigenvalue weighted by atomic mass is 10.1. The number of carbonyl (C=O) groups is 1. The third-order valence-electron chi connectivity index (χ3n) is 7.21. The van der Waals surface area contributed by atoms with Crippen LogP contribution in [0.1, 0.15) is 36.8 Å². The Balaban J connectivity index is 1.30. The van der Waals surface area contributed by atoms with Crippen LogP contribution in [0.3, 0.4) is 0 Å². The Morgan fingerprint density at radius 3 is 2.32 bits per heavy atom. The maximum absolute atomic E-state index is 13.0. The molecule has 0 bridgehead atoms. The van der Waals surface area contributed by atoms with Gasteiger partial charge in [-0.3, -0.25) is 9.69 Å². The molecule has 3 aliphatic rings. The Morgan fingerprint density at radius 1 is 0.935 bits per heavy atom. The average Bonchev–Trinajstić information content (AvgIpc) is 3.43. The van der Waals surface area contributed by atoms with Gasteiger partial charge in [0.05, 0.1) is 11.4 Å². The monoisotopic (exact) mass is 448 g/mol. The molecule has 1 aromatic carbocycles. The number of nitrogens with zero attached hydrogens (tertiary/aromatic N) is 4. The predicted octanol–water partition coefficient (Wildman–Crippen LogP) is 1.70. The van der Waals surface area contributed by atoms with Crippen molar-refractivity contribution in [3.63, 3.8) is 0 Å². The van der Waals surface area contributed by atoms with Gasteiger partial charge in [0.1, 0.15) is 0 Å². The van der Waals surface area contributed by atoms with Crippen molar-refractivity contribution < 1.29 is 13.2 Å². The van der Waals surface area contributed by atoms with Gasteiger partial charge in [-0.2, -0.15) is 4.31 Å². The molecular weight excluding hydrogens is 412 g/mol. The molecule has 1 atom stereocenters. The van der Waals surface area contributed by atoms with E-state index in [4.69, 9.17) is 0 Å². The number of likely N-dealkylation sites (tertiary alicyclic amines) is 2. The van der Waals surface area contributed by atoms with Crippen molar-refractivity contribution in [3.8, 4) is 0 Å². The summed E-state index contributed by atoms with van der Waals surface area (Å²) >= 11 is 0. The van der Waals surface area contributed by atoms with Gasteiger partial charge in [0.2, 0.25) is 15.9 Å². The number of rotatable bonds is 6. The van der Waals surface area contributed by atoms with Gasteiger partial charge < -0.3 is 9.80 Å². The number of sulfonamides is 1. The van der Waals surface area contributed by atoms with Crippen LogP contribution in [-0.4, -0.2) is 98.3 Å². The normalized spacial score (nSPS) is 24.2. The molecule has 31 heavy (non-hydrogen) atoms. The number of aryl methyl sites for hydroxylation is 2. The number of hydrogen-bond acceptors (Lipinski definition) is 5. The quantitative estimate of drug-likeness (QED) is 0.663. The molecule has 1 unspecified atom stereocenters. The van der Waals surface area contributed by atoms with Gasteiger partial charge in [-0.05, 0) is 82.4 Å². The molecule has 3 fully saturated rings. The zero-order chi connectivity index (χ0) is 22.0. The highest BCUT2D eigenvalue weighted by Crippen LogP contribution is 2.22. The number of carbonyl (C=O) groups excluding carboxylic acids is 1. The van der Waals surface area contributed by atoms with Crippen molar-refractivity contribution in [3.05, 3.63) is 29.3 Å². The first kappa shape index (κ1) is 22.7. The third-order valence-corrected chi connectivity index (χ3v) is 9.11. The first-order valence-corrected chi connectivity index (χ1v) is 13.1. The molecular formula is C23H36N4O3S. The molecule has 0 spiro atoms. The van der Waals surface area contributed by atoms with Gasteiger partial charge in [-0.1, -0.05) is 6.07 Å². The fraction of sp³-hybridized carbons (Fsp3) is 0.696. The van der Waals surface area contributed by atoms with Crippen LogP contribution in [0.15, 0.2) is 23.1 Å². The van der Waals surface area contributed by atoms with Crippen LogP contribution in [0.5, 0.6) is 0 Å². The molecule has 0 N–H and O–H groups in total. The van der Waals surface area contributed by atoms with E-state index < -0.39 is 10.0 Å². The van der Waals surface area contributed by atoms with Crippen molar-refractivity contribution in [2.75, 3.05) is 58.9 Å². The minimum atomic E-state index is -3.52. The van der Waals surface area contributed by atoms with Crippen LogP contribution >= 0.6 is 0 Å². The summed E-state index contributed by atoms with van der Waals surface area (Å²) in [5.74, 6) is 0.136. The van der Waals surface area contributed by atoms with E-state index in [1.807, 2.05) is 24.8 Å². The first-order valence-electron chi connectivity index (χ1n) is 11.7. The van der Waals surface area contributed by atoms with E-state index in [-0.39, 0.29) is 5.91 Å². The first-order chi connectivity index (χ1) is 14.8. The minimum Gasteiger partial charge on any atom is -0.339 e. The molecule has 3 aliphatic heterocycles. The highest BCUT2D eigenvalue weighted by atomic mass is 32.2. The van der Waals surface area contributed by atoms with Gasteiger partial charge in [-0.15, -0.1) is 0 Å². The molecule has 7 nitrogen and oxygen atoms in total. The molecule has 0 radical (unpaired) electrons. The Labute approximate surface area is 187 Å². The summed E-state index contributed by atoms with van der Waals surface area (Å²) in [6.07, 6.45) is 4.92. The fourth-order valence-electron chi connectivity index (χ4n) is 5.05. The third kappa shape index (κ3) is 5.13. The van der Waals surface area contributed by atoms with Crippen molar-refractivity contribution in [2.24, 2.45) is 0 Å². The molecule has 0 aromatic heterocycles. The average molecular weight is 449 g/mol. The van der Waals surface area contributed by atoms with E-state index in [1.54, 1.807) is 12.1 Å². The van der Waals surface area contributed by atoms with Crippen LogP contribution in [0.25, 0.3) is 0 Å². The van der Waals surface area contributed by atoms with Crippen molar-refractivity contribution in [1.29, 1.82) is 0 Å². The molecule has 1 aromatic rings. The maximum Gasteiger partial charge on any atom is 0.243 e. The fourth-order valence-corrected chi connectivity index (χ4v) is 6.56. The largest absolute Gasteiger partial charge is 0.339 e.